The van der Waals surface area contributed by atoms with Gasteiger partial charge in [0.15, 0.2) is 0 Å². The van der Waals surface area contributed by atoms with Gasteiger partial charge in [0.2, 0.25) is 41.4 Å². The van der Waals surface area contributed by atoms with E-state index in [0.29, 0.717) is 90.1 Å². The number of unbranched alkanes of at least 4 members (excludes halogenated alkanes) is 28. The van der Waals surface area contributed by atoms with Gasteiger partial charge in [-0.15, -0.1) is 0 Å². The van der Waals surface area contributed by atoms with Crippen molar-refractivity contribution in [2.75, 3.05) is 19.6 Å². The molecule has 0 bridgehead atoms. The number of rotatable bonds is 90. The molecule has 137 heavy (non-hydrogen) atoms. The molecular weight excluding hydrogens is 1780 g/mol. The molecule has 0 radical (unpaired) electrons. The lowest BCUT2D eigenvalue weighted by Gasteiger charge is -2.20. The molecule has 0 spiro atoms. The van der Waals surface area contributed by atoms with Gasteiger partial charge in [-0.25, -0.2) is 19.2 Å². The summed E-state index contributed by atoms with van der Waals surface area (Å²) in [5.74, 6) is -18.1. The predicted molar refractivity (Wildman–Crippen MR) is 516 cm³/mol. The second kappa shape index (κ2) is 79.9. The van der Waals surface area contributed by atoms with Crippen LogP contribution >= 0.6 is 0 Å². The average molecular weight is 1950 g/mol. The lowest BCUT2D eigenvalue weighted by Crippen LogP contribution is -2.44. The number of carboxylic acid groups (broad SMARTS) is 8. The number of hydrogen-bond acceptors (Lipinski definition) is 23. The first-order valence-electron chi connectivity index (χ1n) is 50.2. The number of aliphatic carboxylic acids is 8. The molecule has 0 fully saturated rings. The van der Waals surface area contributed by atoms with Crippen LogP contribution in [0.15, 0.2) is 0 Å². The molecule has 38 heteroatoms. The fourth-order valence-electron chi connectivity index (χ4n) is 15.2. The molecule has 0 saturated heterocycles. The van der Waals surface area contributed by atoms with Gasteiger partial charge >= 0.3 is 47.8 Å². The quantitative estimate of drug-likeness (QED) is 0.0251. The minimum atomic E-state index is -1.52. The number of carbonyl (C=O) groups excluding carboxylic acids is 13. The van der Waals surface area contributed by atoms with E-state index in [1.165, 1.54) is 6.92 Å². The van der Waals surface area contributed by atoms with Crippen molar-refractivity contribution < 1.29 is 144 Å². The molecule has 0 aliphatic rings. The fourth-order valence-corrected chi connectivity index (χ4v) is 15.2. The second-order valence-corrected chi connectivity index (χ2v) is 37.6. The van der Waals surface area contributed by atoms with E-state index in [1.54, 1.807) is 27.7 Å². The smallest absolute Gasteiger partial charge is 0.326 e. The van der Waals surface area contributed by atoms with Crippen LogP contribution in [0.3, 0.4) is 0 Å². The molecule has 38 nitrogen and oxygen atoms in total. The Kier molecular flexibility index (Phi) is 75.2. The average Bonchev–Trinajstić information content (AvgIpc) is 0.670. The molecule has 0 aromatic rings. The molecule has 0 aliphatic heterocycles. The minimum absolute atomic E-state index is 0. The van der Waals surface area contributed by atoms with Crippen LogP contribution in [0.2, 0.25) is 0 Å². The third-order valence-electron chi connectivity index (χ3n) is 24.2. The van der Waals surface area contributed by atoms with E-state index in [4.69, 9.17) is 21.7 Å². The number of Topliss-reactive ketones (excluding diaryl/α,β-unsaturated/α-hetero) is 6. The summed E-state index contributed by atoms with van der Waals surface area (Å²) in [5, 5.41) is 92.7. The van der Waals surface area contributed by atoms with Crippen molar-refractivity contribution in [3.8, 4) is 0 Å². The van der Waals surface area contributed by atoms with Crippen molar-refractivity contribution in [3.63, 3.8) is 0 Å². The van der Waals surface area contributed by atoms with Crippen LogP contribution in [0.1, 0.15) is 417 Å². The number of carbonyl (C=O) groups is 21. The Morgan fingerprint density at radius 1 is 0.277 bits per heavy atom. The highest BCUT2D eigenvalue weighted by Crippen LogP contribution is 2.26. The Morgan fingerprint density at radius 2 is 0.562 bits per heavy atom. The van der Waals surface area contributed by atoms with E-state index in [9.17, 15) is 131 Å². The van der Waals surface area contributed by atoms with Crippen LogP contribution in [0, 0.1) is 29.1 Å². The fraction of sp³-hybridized carbons (Fsp3) is 0.788. The Morgan fingerprint density at radius 3 is 0.912 bits per heavy atom. The maximum absolute atomic E-state index is 12.8. The molecule has 7 amide bonds. The Balaban J connectivity index is -0.00000132. The molecule has 0 aromatic heterocycles. The molecule has 0 saturated carbocycles. The van der Waals surface area contributed by atoms with Gasteiger partial charge in [-0.05, 0) is 122 Å². The predicted octanol–water partition coefficient (Wildman–Crippen LogP) is 12.7. The van der Waals surface area contributed by atoms with Crippen LogP contribution < -0.4 is 48.7 Å². The van der Waals surface area contributed by atoms with Gasteiger partial charge in [0, 0.05) is 136 Å². The summed E-state index contributed by atoms with van der Waals surface area (Å²) in [5.41, 5.74) is 11.4. The standard InChI is InChI=1S/C56H94N4O16.C43H75N5O13.2H2/c1-38(35-48(65)56(3,4)5)47(64)37-40(39(2)61)23-21-22-34-58-52(70)44(57)25-18-16-17-24-42(62)29-31-45(54(73)74)60-50(67)33-28-41(53(71)72)36-43(63)30-32-46(55(75)76)59-49(66)26-19-14-12-10-8-6-7-9-11-13-15-20-27-51(68)69;1-2-3-17-29-46-40(55)33(44)20-16-18-28-45-36(50)26-23-34(42(58)59)48-38(52)27-24-35(43(60)61)47-37(51)25-22-31(41(56)57)30-32(49)19-14-12-10-8-6-4-5-7-9-11-13-15-21-39(53)54;;/h38,40-41,44-46H,6-37,57H2,1-5H3,(H,58,70)(H,59,66)(H,60,67)(H,68,69)(H,71,72)(H,73,74)(H,75,76);31,33-35H,2-30,44H2,1H3,(H,45,50)(H,46,55)(H,47,51)(H,48,52)(H,53,54)(H,56,57)(H,58,59)(H,60,61);2*1H/t38-,40-,41-,44+,45+,46+;31-,33+,34+,35+;;/m11../s1. The first-order valence-corrected chi connectivity index (χ1v) is 50.2. The van der Waals surface area contributed by atoms with E-state index in [0.717, 1.165) is 161 Å². The van der Waals surface area contributed by atoms with Crippen molar-refractivity contribution >= 4 is 124 Å². The van der Waals surface area contributed by atoms with Crippen LogP contribution in [0.5, 0.6) is 0 Å². The number of ketones is 6. The lowest BCUT2D eigenvalue weighted by atomic mass is 9.82. The first kappa shape index (κ1) is 129. The molecule has 0 unspecified atom stereocenters. The van der Waals surface area contributed by atoms with Gasteiger partial charge in [-0.2, -0.15) is 0 Å². The minimum Gasteiger partial charge on any atom is -0.481 e. The van der Waals surface area contributed by atoms with Gasteiger partial charge in [-0.3, -0.25) is 81.5 Å². The molecule has 0 aromatic carbocycles. The van der Waals surface area contributed by atoms with Crippen LogP contribution in [-0.4, -0.2) is 221 Å². The topological polar surface area (TPSA) is 657 Å². The highest BCUT2D eigenvalue weighted by molar-refractivity contribution is 5.93. The largest absolute Gasteiger partial charge is 0.481 e. The molecule has 0 aliphatic carbocycles. The van der Waals surface area contributed by atoms with Gasteiger partial charge in [0.25, 0.3) is 0 Å². The molecular formula is C99H173N9O29. The summed E-state index contributed by atoms with van der Waals surface area (Å²) in [6.45, 7) is 11.8. The maximum atomic E-state index is 12.8. The van der Waals surface area contributed by atoms with Crippen LogP contribution in [-0.2, 0) is 101 Å². The van der Waals surface area contributed by atoms with Crippen molar-refractivity contribution in [2.24, 2.45) is 40.6 Å². The monoisotopic (exact) mass is 1950 g/mol. The Bertz CT molecular complexity index is 3680. The SMILES string of the molecule is CC(=O)[C@H](CCCCNC(=O)[C@@H](N)CCCCCC(=O)CC[C@H](NC(=O)CC[C@H](CC(=O)CC[C@H](NC(=O)CCCCCCCCCCCCCCC(=O)O)C(=O)O)C(=O)O)C(=O)O)CC(=O)[C@H](C)CC(=O)C(C)(C)C.CCCCCNC(=O)[C@@H](N)CCCCNC(=O)CC[C@H](NC(=O)CC[C@H](NC(=O)CC[C@H](CC(=O)CCCCCCCCCCCCCCC(=O)O)C(=O)O)C(=O)O)C(=O)O.[HH].[HH]. The van der Waals surface area contributed by atoms with Crippen molar-refractivity contribution in [1.82, 2.24) is 37.2 Å². The highest BCUT2D eigenvalue weighted by Gasteiger charge is 2.32. The lowest BCUT2D eigenvalue weighted by molar-refractivity contribution is -0.145. The van der Waals surface area contributed by atoms with Crippen LogP contribution in [0.4, 0.5) is 0 Å². The summed E-state index contributed by atoms with van der Waals surface area (Å²) >= 11 is 0. The zero-order valence-electron chi connectivity index (χ0n) is 82.7. The van der Waals surface area contributed by atoms with Crippen molar-refractivity contribution in [3.05, 3.63) is 0 Å². The van der Waals surface area contributed by atoms with E-state index >= 15 is 0 Å². The van der Waals surface area contributed by atoms with Gasteiger partial charge in [-0.1, -0.05) is 195 Å². The van der Waals surface area contributed by atoms with E-state index in [2.05, 4.69) is 44.1 Å². The van der Waals surface area contributed by atoms with Gasteiger partial charge < -0.3 is 89.5 Å². The summed E-state index contributed by atoms with van der Waals surface area (Å²) in [4.78, 5) is 254. The Hall–Kier alpha value is -10.0. The zero-order chi connectivity index (χ0) is 103. The molecule has 788 valence electrons. The summed E-state index contributed by atoms with van der Waals surface area (Å²) in [6, 6.07) is -7.14. The molecule has 19 N–H and O–H groups in total. The van der Waals surface area contributed by atoms with Crippen molar-refractivity contribution in [2.45, 2.75) is 450 Å². The van der Waals surface area contributed by atoms with E-state index in [1.807, 2.05) is 0 Å². The van der Waals surface area contributed by atoms with E-state index in [-0.39, 0.29) is 166 Å². The van der Waals surface area contributed by atoms with Crippen LogP contribution in [0.25, 0.3) is 0 Å². The molecule has 0 heterocycles. The molecule has 10 atom stereocenters. The number of hydrogen-bond donors (Lipinski definition) is 17. The van der Waals surface area contributed by atoms with E-state index < -0.39 is 168 Å². The van der Waals surface area contributed by atoms with Crippen molar-refractivity contribution in [1.29, 1.82) is 0 Å². The van der Waals surface area contributed by atoms with Gasteiger partial charge in [0.1, 0.15) is 58.9 Å². The number of nitrogens with two attached hydrogens (primary N) is 2. The van der Waals surface area contributed by atoms with Gasteiger partial charge in [0.05, 0.1) is 23.9 Å². The zero-order valence-corrected chi connectivity index (χ0v) is 82.7. The summed E-state index contributed by atoms with van der Waals surface area (Å²) in [6.07, 6.45) is 28.5. The number of amides is 7. The normalized spacial score (nSPS) is 13.4. The maximum Gasteiger partial charge on any atom is 0.326 e. The number of nitrogens with one attached hydrogen (secondary N) is 7. The first-order chi connectivity index (χ1) is 64.8. The summed E-state index contributed by atoms with van der Waals surface area (Å²) < 4.78 is 0. The molecule has 0 rings (SSSR count). The third kappa shape index (κ3) is 73.8. The second-order valence-electron chi connectivity index (χ2n) is 37.6. The number of carboxylic acids is 8. The third-order valence-corrected chi connectivity index (χ3v) is 24.2. The summed E-state index contributed by atoms with van der Waals surface area (Å²) in [7, 11) is 0. The Labute approximate surface area is 812 Å². The highest BCUT2D eigenvalue weighted by atomic mass is 16.4.